The maximum Gasteiger partial charge on any atom is 0.300 e. The van der Waals surface area contributed by atoms with Crippen LogP contribution in [0.15, 0.2) is 96.6 Å². The van der Waals surface area contributed by atoms with Crippen LogP contribution in [0.3, 0.4) is 0 Å². The van der Waals surface area contributed by atoms with E-state index in [-0.39, 0.29) is 16.7 Å². The van der Waals surface area contributed by atoms with Crippen molar-refractivity contribution in [3.63, 3.8) is 0 Å². The van der Waals surface area contributed by atoms with Crippen molar-refractivity contribution >= 4 is 39.6 Å². The molecule has 4 aromatic carbocycles. The summed E-state index contributed by atoms with van der Waals surface area (Å²) in [6.07, 6.45) is 0. The van der Waals surface area contributed by atoms with Crippen molar-refractivity contribution in [2.24, 2.45) is 0 Å². The molecule has 1 N–H and O–H groups in total. The monoisotopic (exact) mass is 504 g/mol. The molecule has 1 saturated heterocycles. The zero-order valence-electron chi connectivity index (χ0n) is 22.4. The molecule has 0 aromatic heterocycles. The molecule has 1 unspecified atom stereocenters. The van der Waals surface area contributed by atoms with Crippen LogP contribution in [-0.4, -0.2) is 30.9 Å². The van der Waals surface area contributed by atoms with Gasteiger partial charge < -0.3 is 10.0 Å². The Hall–Kier alpha value is -4.38. The number of ketones is 1. The van der Waals surface area contributed by atoms with E-state index in [0.29, 0.717) is 11.3 Å². The minimum absolute atomic E-state index is 0.0531. The highest BCUT2D eigenvalue weighted by atomic mass is 16.3. The van der Waals surface area contributed by atoms with Crippen LogP contribution in [-0.2, 0) is 15.0 Å². The number of rotatable bonds is 4. The first-order valence-corrected chi connectivity index (χ1v) is 12.7. The Balaban J connectivity index is 1.72. The van der Waals surface area contributed by atoms with Crippen molar-refractivity contribution < 1.29 is 14.7 Å². The molecule has 0 bridgehead atoms. The van der Waals surface area contributed by atoms with Gasteiger partial charge in [0.2, 0.25) is 0 Å². The van der Waals surface area contributed by atoms with Gasteiger partial charge in [-0.1, -0.05) is 87.5 Å². The predicted octanol–water partition coefficient (Wildman–Crippen LogP) is 6.83. The fraction of sp³-hybridized carbons (Fsp3) is 0.212. The standard InChI is InChI=1S/C33H32N2O3/c1-33(2,3)23-15-19-25(20-16-23)35-29(22-13-17-24(18-14-22)34(4)5)28(31(37)32(35)38)30(36)27-12-8-10-21-9-6-7-11-26(21)27/h6-20,29,36H,1-5H3/b30-28-. The van der Waals surface area contributed by atoms with Crippen LogP contribution < -0.4 is 9.80 Å². The fourth-order valence-corrected chi connectivity index (χ4v) is 5.07. The summed E-state index contributed by atoms with van der Waals surface area (Å²) in [5.74, 6) is -1.52. The van der Waals surface area contributed by atoms with Crippen molar-refractivity contribution in [3.8, 4) is 0 Å². The van der Waals surface area contributed by atoms with Crippen molar-refractivity contribution in [3.05, 3.63) is 113 Å². The second-order valence-electron chi connectivity index (χ2n) is 11.0. The summed E-state index contributed by atoms with van der Waals surface area (Å²) < 4.78 is 0. The lowest BCUT2D eigenvalue weighted by atomic mass is 9.87. The Kier molecular flexibility index (Phi) is 6.31. The molecule has 0 aliphatic carbocycles. The van der Waals surface area contributed by atoms with Crippen LogP contribution in [0.4, 0.5) is 11.4 Å². The van der Waals surface area contributed by atoms with Crippen molar-refractivity contribution in [1.82, 2.24) is 0 Å². The Morgan fingerprint density at radius 1 is 0.816 bits per heavy atom. The number of aliphatic hydroxyl groups excluding tert-OH is 1. The zero-order valence-corrected chi connectivity index (χ0v) is 22.4. The van der Waals surface area contributed by atoms with Gasteiger partial charge >= 0.3 is 0 Å². The van der Waals surface area contributed by atoms with Gasteiger partial charge in [0.1, 0.15) is 5.76 Å². The summed E-state index contributed by atoms with van der Waals surface area (Å²) in [5, 5.41) is 13.4. The Labute approximate surface area is 223 Å². The fourth-order valence-electron chi connectivity index (χ4n) is 5.07. The third kappa shape index (κ3) is 4.34. The number of hydrogen-bond acceptors (Lipinski definition) is 4. The van der Waals surface area contributed by atoms with E-state index in [1.54, 1.807) is 6.07 Å². The normalized spacial score (nSPS) is 17.3. The van der Waals surface area contributed by atoms with E-state index in [2.05, 4.69) is 20.8 Å². The van der Waals surface area contributed by atoms with Gasteiger partial charge in [-0.15, -0.1) is 0 Å². The third-order valence-electron chi connectivity index (χ3n) is 7.23. The molecule has 5 heteroatoms. The summed E-state index contributed by atoms with van der Waals surface area (Å²) in [4.78, 5) is 30.7. The van der Waals surface area contributed by atoms with Crippen LogP contribution in [0, 0.1) is 0 Å². The molecule has 0 spiro atoms. The summed E-state index contributed by atoms with van der Waals surface area (Å²) >= 11 is 0. The number of aliphatic hydroxyl groups is 1. The molecule has 1 atom stereocenters. The average molecular weight is 505 g/mol. The molecular formula is C33H32N2O3. The second-order valence-corrected chi connectivity index (χ2v) is 11.0. The largest absolute Gasteiger partial charge is 0.507 e. The summed E-state index contributed by atoms with van der Waals surface area (Å²) in [6, 6.07) is 28.0. The molecule has 4 aromatic rings. The van der Waals surface area contributed by atoms with Crippen molar-refractivity contribution in [2.75, 3.05) is 23.9 Å². The van der Waals surface area contributed by atoms with E-state index in [1.165, 1.54) is 4.90 Å². The van der Waals surface area contributed by atoms with Crippen LogP contribution in [0.1, 0.15) is 43.5 Å². The topological polar surface area (TPSA) is 60.9 Å². The van der Waals surface area contributed by atoms with E-state index in [4.69, 9.17) is 0 Å². The lowest BCUT2D eigenvalue weighted by Crippen LogP contribution is -2.29. The maximum absolute atomic E-state index is 13.6. The molecule has 1 aliphatic heterocycles. The van der Waals surface area contributed by atoms with Gasteiger partial charge in [0.15, 0.2) is 0 Å². The predicted molar refractivity (Wildman–Crippen MR) is 155 cm³/mol. The van der Waals surface area contributed by atoms with Crippen LogP contribution in [0.25, 0.3) is 16.5 Å². The SMILES string of the molecule is CN(C)c1ccc(C2/C(=C(/O)c3cccc4ccccc34)C(=O)C(=O)N2c2ccc(C(C)(C)C)cc2)cc1. The van der Waals surface area contributed by atoms with Crippen molar-refractivity contribution in [2.45, 2.75) is 32.2 Å². The number of fused-ring (bicyclic) bond motifs is 1. The zero-order chi connectivity index (χ0) is 27.2. The first kappa shape index (κ1) is 25.3. The van der Waals surface area contributed by atoms with E-state index < -0.39 is 17.7 Å². The summed E-state index contributed by atoms with van der Waals surface area (Å²) in [7, 11) is 3.91. The third-order valence-corrected chi connectivity index (χ3v) is 7.23. The molecule has 0 radical (unpaired) electrons. The molecule has 0 saturated carbocycles. The number of amides is 1. The minimum atomic E-state index is -0.773. The van der Waals surface area contributed by atoms with Crippen LogP contribution >= 0.6 is 0 Å². The quantitative estimate of drug-likeness (QED) is 0.188. The van der Waals surface area contributed by atoms with Gasteiger partial charge in [-0.2, -0.15) is 0 Å². The van der Waals surface area contributed by atoms with Gasteiger partial charge in [-0.05, 0) is 51.6 Å². The van der Waals surface area contributed by atoms with Crippen molar-refractivity contribution in [1.29, 1.82) is 0 Å². The highest BCUT2D eigenvalue weighted by molar-refractivity contribution is 6.51. The maximum atomic E-state index is 13.6. The molecule has 192 valence electrons. The van der Waals surface area contributed by atoms with E-state index in [1.807, 2.05) is 104 Å². The average Bonchev–Trinajstić information content (AvgIpc) is 3.17. The lowest BCUT2D eigenvalue weighted by Gasteiger charge is -2.27. The van der Waals surface area contributed by atoms with Crippen LogP contribution in [0.2, 0.25) is 0 Å². The minimum Gasteiger partial charge on any atom is -0.507 e. The Morgan fingerprint density at radius 2 is 1.45 bits per heavy atom. The molecule has 5 rings (SSSR count). The van der Waals surface area contributed by atoms with E-state index >= 15 is 0 Å². The number of hydrogen-bond donors (Lipinski definition) is 1. The summed E-state index contributed by atoms with van der Waals surface area (Å²) in [6.45, 7) is 6.39. The van der Waals surface area contributed by atoms with E-state index in [0.717, 1.165) is 27.6 Å². The number of carbonyl (C=O) groups excluding carboxylic acids is 2. The molecule has 1 aliphatic rings. The summed E-state index contributed by atoms with van der Waals surface area (Å²) in [5.41, 5.74) is 4.04. The first-order chi connectivity index (χ1) is 18.1. The van der Waals surface area contributed by atoms with Gasteiger partial charge in [0, 0.05) is 31.0 Å². The smallest absolute Gasteiger partial charge is 0.300 e. The molecule has 5 nitrogen and oxygen atoms in total. The number of benzene rings is 4. The lowest BCUT2D eigenvalue weighted by molar-refractivity contribution is -0.132. The molecule has 1 fully saturated rings. The number of nitrogens with zero attached hydrogens (tertiary/aromatic N) is 2. The van der Waals surface area contributed by atoms with E-state index in [9.17, 15) is 14.7 Å². The van der Waals surface area contributed by atoms with Gasteiger partial charge in [0.05, 0.1) is 11.6 Å². The first-order valence-electron chi connectivity index (χ1n) is 12.7. The Bertz CT molecular complexity index is 1550. The number of anilines is 2. The number of carbonyl (C=O) groups is 2. The van der Waals surface area contributed by atoms with Gasteiger partial charge in [-0.3, -0.25) is 14.5 Å². The highest BCUT2D eigenvalue weighted by Gasteiger charge is 2.47. The van der Waals surface area contributed by atoms with Gasteiger partial charge in [-0.25, -0.2) is 0 Å². The highest BCUT2D eigenvalue weighted by Crippen LogP contribution is 2.43. The second kappa shape index (κ2) is 9.49. The molecule has 38 heavy (non-hydrogen) atoms. The molecular weight excluding hydrogens is 472 g/mol. The molecule has 1 heterocycles. The number of Topliss-reactive ketones (excluding diaryl/α,β-unsaturated/α-hetero) is 1. The molecule has 1 amide bonds. The van der Waals surface area contributed by atoms with Crippen LogP contribution in [0.5, 0.6) is 0 Å². The Morgan fingerprint density at radius 3 is 2.08 bits per heavy atom. The van der Waals surface area contributed by atoms with Gasteiger partial charge in [0.25, 0.3) is 11.7 Å².